The second kappa shape index (κ2) is 9.71. The predicted octanol–water partition coefficient (Wildman–Crippen LogP) is 10.1. The maximum atomic E-state index is 3.96. The molecule has 4 nitrogen and oxygen atoms in total. The third kappa shape index (κ3) is 3.47. The second-order valence-electron chi connectivity index (χ2n) is 13.0. The van der Waals surface area contributed by atoms with Crippen LogP contribution in [0.4, 0.5) is 0 Å². The van der Waals surface area contributed by atoms with Crippen molar-refractivity contribution in [3.05, 3.63) is 169 Å². The SMILES string of the molecule is C1=CC2=C(c3ccccc3)NC(n3c4ccccc4c4cc5c(cc43)-c3cccc4c6ccccc6n(c34)-c3ccccc3-5)NC2C=C1. The number of rotatable bonds is 2. The van der Waals surface area contributed by atoms with E-state index in [0.29, 0.717) is 0 Å². The first-order chi connectivity index (χ1) is 23.8. The Morgan fingerprint density at radius 1 is 0.521 bits per heavy atom. The second-order valence-corrected chi connectivity index (χ2v) is 13.0. The number of nitrogens with zero attached hydrogens (tertiary/aromatic N) is 2. The topological polar surface area (TPSA) is 33.9 Å². The van der Waals surface area contributed by atoms with Gasteiger partial charge in [-0.05, 0) is 52.6 Å². The number of para-hydroxylation sites is 4. The van der Waals surface area contributed by atoms with Crippen molar-refractivity contribution in [2.75, 3.05) is 0 Å². The van der Waals surface area contributed by atoms with E-state index in [9.17, 15) is 0 Å². The van der Waals surface area contributed by atoms with Crippen molar-refractivity contribution >= 4 is 49.3 Å². The van der Waals surface area contributed by atoms with Gasteiger partial charge in [-0.3, -0.25) is 5.32 Å². The Balaban J connectivity index is 1.22. The largest absolute Gasteiger partial charge is 0.352 e. The maximum absolute atomic E-state index is 3.96. The minimum atomic E-state index is -0.175. The van der Waals surface area contributed by atoms with Crippen molar-refractivity contribution in [1.82, 2.24) is 19.8 Å². The third-order valence-corrected chi connectivity index (χ3v) is 10.5. The van der Waals surface area contributed by atoms with Crippen molar-refractivity contribution in [3.8, 4) is 27.9 Å². The van der Waals surface area contributed by atoms with Crippen molar-refractivity contribution in [2.45, 2.75) is 12.3 Å². The number of benzene rings is 6. The van der Waals surface area contributed by atoms with Crippen LogP contribution in [0.25, 0.3) is 77.2 Å². The highest BCUT2D eigenvalue weighted by molar-refractivity contribution is 6.19. The van der Waals surface area contributed by atoms with Crippen LogP contribution < -0.4 is 10.6 Å². The summed E-state index contributed by atoms with van der Waals surface area (Å²) in [4.78, 5) is 0. The summed E-state index contributed by atoms with van der Waals surface area (Å²) in [6.07, 6.45) is 8.60. The molecule has 0 fully saturated rings. The molecular weight excluding hydrogens is 585 g/mol. The zero-order chi connectivity index (χ0) is 31.3. The van der Waals surface area contributed by atoms with Crippen LogP contribution in [0.3, 0.4) is 0 Å². The van der Waals surface area contributed by atoms with E-state index in [4.69, 9.17) is 0 Å². The first-order valence-corrected chi connectivity index (χ1v) is 16.7. The van der Waals surface area contributed by atoms with Crippen LogP contribution in [0, 0.1) is 0 Å². The summed E-state index contributed by atoms with van der Waals surface area (Å²) in [5.41, 5.74) is 14.7. The Morgan fingerprint density at radius 3 is 2.12 bits per heavy atom. The monoisotopic (exact) mass is 614 g/mol. The van der Waals surface area contributed by atoms with Crippen LogP contribution in [0.5, 0.6) is 0 Å². The lowest BCUT2D eigenvalue weighted by atomic mass is 9.92. The van der Waals surface area contributed by atoms with E-state index in [-0.39, 0.29) is 12.3 Å². The van der Waals surface area contributed by atoms with Crippen LogP contribution in [0.1, 0.15) is 11.9 Å². The number of aromatic nitrogens is 2. The normalized spacial score (nSPS) is 17.8. The lowest BCUT2D eigenvalue weighted by Crippen LogP contribution is -2.48. The van der Waals surface area contributed by atoms with Crippen molar-refractivity contribution in [1.29, 1.82) is 0 Å². The fourth-order valence-electron chi connectivity index (χ4n) is 8.50. The Labute approximate surface area is 277 Å². The fourth-order valence-corrected chi connectivity index (χ4v) is 8.50. The van der Waals surface area contributed by atoms with Gasteiger partial charge in [0, 0.05) is 38.4 Å². The highest BCUT2D eigenvalue weighted by atomic mass is 15.3. The van der Waals surface area contributed by atoms with Gasteiger partial charge in [0.2, 0.25) is 0 Å². The van der Waals surface area contributed by atoms with Crippen molar-refractivity contribution in [2.24, 2.45) is 0 Å². The number of allylic oxidation sites excluding steroid dienone is 2. The molecule has 48 heavy (non-hydrogen) atoms. The van der Waals surface area contributed by atoms with Crippen molar-refractivity contribution in [3.63, 3.8) is 0 Å². The average molecular weight is 615 g/mol. The highest BCUT2D eigenvalue weighted by Gasteiger charge is 2.31. The zero-order valence-corrected chi connectivity index (χ0v) is 26.1. The van der Waals surface area contributed by atoms with E-state index < -0.39 is 0 Å². The van der Waals surface area contributed by atoms with Gasteiger partial charge in [0.25, 0.3) is 0 Å². The van der Waals surface area contributed by atoms with Crippen LogP contribution >= 0.6 is 0 Å². The number of fused-ring (bicyclic) bond motifs is 12. The average Bonchev–Trinajstić information content (AvgIpc) is 3.63. The molecule has 226 valence electrons. The molecule has 4 heterocycles. The zero-order valence-electron chi connectivity index (χ0n) is 26.1. The summed E-state index contributed by atoms with van der Waals surface area (Å²) < 4.78 is 4.96. The van der Waals surface area contributed by atoms with Crippen LogP contribution in [0.2, 0.25) is 0 Å². The maximum Gasteiger partial charge on any atom is 0.160 e. The van der Waals surface area contributed by atoms with Crippen molar-refractivity contribution < 1.29 is 0 Å². The molecule has 2 aromatic heterocycles. The number of hydrogen-bond donors (Lipinski definition) is 2. The molecule has 1 aliphatic carbocycles. The van der Waals surface area contributed by atoms with Gasteiger partial charge >= 0.3 is 0 Å². The summed E-state index contributed by atoms with van der Waals surface area (Å²) in [6.45, 7) is 0. The number of nitrogens with one attached hydrogen (secondary N) is 2. The lowest BCUT2D eigenvalue weighted by Gasteiger charge is -2.37. The Kier molecular flexibility index (Phi) is 5.26. The van der Waals surface area contributed by atoms with Gasteiger partial charge in [-0.2, -0.15) is 0 Å². The molecular formula is C44H30N4. The molecule has 6 aromatic carbocycles. The molecule has 0 bridgehead atoms. The third-order valence-electron chi connectivity index (χ3n) is 10.5. The molecule has 2 unspecified atom stereocenters. The van der Waals surface area contributed by atoms with Crippen LogP contribution in [-0.2, 0) is 0 Å². The van der Waals surface area contributed by atoms with E-state index in [1.54, 1.807) is 0 Å². The van der Waals surface area contributed by atoms with E-state index >= 15 is 0 Å². The molecule has 0 amide bonds. The summed E-state index contributed by atoms with van der Waals surface area (Å²) in [7, 11) is 0. The van der Waals surface area contributed by atoms with Gasteiger partial charge in [-0.25, -0.2) is 0 Å². The molecule has 11 rings (SSSR count). The number of hydrogen-bond acceptors (Lipinski definition) is 2. The molecule has 2 atom stereocenters. The summed E-state index contributed by atoms with van der Waals surface area (Å²) >= 11 is 0. The summed E-state index contributed by atoms with van der Waals surface area (Å²) in [5, 5.41) is 13.0. The molecule has 2 N–H and O–H groups in total. The predicted molar refractivity (Wildman–Crippen MR) is 199 cm³/mol. The standard InChI is InChI=1S/C44H30N4/c1-2-13-27(14-3-1)42-33-18-4-8-21-37(33)45-44(46-42)48-40-24-11-7-17-30(40)36-25-34-29-16-6-10-23-39(29)47-38-22-9-5-15-28(38)31-19-12-20-32(43(31)47)35(34)26-41(36)48/h1-26,37,44-46H. The Hall–Kier alpha value is -6.10. The fraction of sp³-hybridized carbons (Fsp3) is 0.0455. The molecule has 0 radical (unpaired) electrons. The molecule has 3 aliphatic rings. The minimum absolute atomic E-state index is 0.0878. The quantitative estimate of drug-likeness (QED) is 0.203. The first-order valence-electron chi connectivity index (χ1n) is 16.7. The van der Waals surface area contributed by atoms with Gasteiger partial charge in [0.15, 0.2) is 6.29 Å². The highest BCUT2D eigenvalue weighted by Crippen LogP contribution is 2.49. The summed E-state index contributed by atoms with van der Waals surface area (Å²) in [5.74, 6) is 0. The van der Waals surface area contributed by atoms with Gasteiger partial charge in [0.05, 0.1) is 33.8 Å². The molecule has 0 saturated carbocycles. The minimum Gasteiger partial charge on any atom is -0.352 e. The smallest absolute Gasteiger partial charge is 0.160 e. The Bertz CT molecular complexity index is 2740. The van der Waals surface area contributed by atoms with E-state index in [2.05, 4.69) is 178 Å². The van der Waals surface area contributed by atoms with Gasteiger partial charge < -0.3 is 14.5 Å². The van der Waals surface area contributed by atoms with E-state index in [0.717, 1.165) is 5.70 Å². The first kappa shape index (κ1) is 26.0. The van der Waals surface area contributed by atoms with E-state index in [1.807, 2.05) is 0 Å². The molecule has 0 spiro atoms. The lowest BCUT2D eigenvalue weighted by molar-refractivity contribution is 0.363. The molecule has 0 saturated heterocycles. The molecule has 2 aliphatic heterocycles. The van der Waals surface area contributed by atoms with E-state index in [1.165, 1.54) is 82.7 Å². The van der Waals surface area contributed by atoms with Gasteiger partial charge in [-0.1, -0.05) is 127 Å². The molecule has 8 aromatic rings. The van der Waals surface area contributed by atoms with Crippen LogP contribution in [0.15, 0.2) is 163 Å². The van der Waals surface area contributed by atoms with Gasteiger partial charge in [-0.15, -0.1) is 0 Å². The molecule has 4 heteroatoms. The Morgan fingerprint density at radius 2 is 1.23 bits per heavy atom. The van der Waals surface area contributed by atoms with Gasteiger partial charge in [0.1, 0.15) is 0 Å². The summed E-state index contributed by atoms with van der Waals surface area (Å²) in [6, 6.07) is 49.1. The van der Waals surface area contributed by atoms with Crippen LogP contribution in [-0.4, -0.2) is 15.2 Å².